The maximum absolute atomic E-state index is 11.8. The Labute approximate surface area is 115 Å². The van der Waals surface area contributed by atoms with Gasteiger partial charge in [0.2, 0.25) is 0 Å². The lowest BCUT2D eigenvalue weighted by Gasteiger charge is -2.57. The van der Waals surface area contributed by atoms with E-state index in [9.17, 15) is 15.2 Å². The van der Waals surface area contributed by atoms with Crippen LogP contribution >= 0.6 is 0 Å². The highest BCUT2D eigenvalue weighted by Crippen LogP contribution is 2.61. The summed E-state index contributed by atoms with van der Waals surface area (Å²) in [4.78, 5) is 11.8. The maximum Gasteiger partial charge on any atom is 0.324 e. The summed E-state index contributed by atoms with van der Waals surface area (Å²) in [7, 11) is 0. The molecule has 0 amide bonds. The van der Waals surface area contributed by atoms with Gasteiger partial charge in [-0.15, -0.1) is 0 Å². The van der Waals surface area contributed by atoms with Crippen LogP contribution in [0.15, 0.2) is 0 Å². The number of nitrogens with zero attached hydrogens (tertiary/aromatic N) is 1. The Bertz CT molecular complexity index is 397. The highest BCUT2D eigenvalue weighted by Gasteiger charge is 2.58. The second kappa shape index (κ2) is 4.51. The zero-order chi connectivity index (χ0) is 13.6. The van der Waals surface area contributed by atoms with Crippen molar-refractivity contribution in [1.29, 1.82) is 5.26 Å². The van der Waals surface area contributed by atoms with Crippen LogP contribution in [-0.4, -0.2) is 11.1 Å². The van der Waals surface area contributed by atoms with E-state index in [4.69, 9.17) is 0 Å². The Morgan fingerprint density at radius 2 is 1.74 bits per heavy atom. The first-order chi connectivity index (χ1) is 9.10. The molecule has 0 aromatic carbocycles. The van der Waals surface area contributed by atoms with Crippen LogP contribution < -0.4 is 0 Å². The van der Waals surface area contributed by atoms with Crippen LogP contribution in [-0.2, 0) is 4.79 Å². The molecule has 1 unspecified atom stereocenters. The number of carbonyl (C=O) groups is 1. The predicted molar refractivity (Wildman–Crippen MR) is 71.1 cm³/mol. The molecule has 104 valence electrons. The van der Waals surface area contributed by atoms with Crippen molar-refractivity contribution in [3.63, 3.8) is 0 Å². The van der Waals surface area contributed by atoms with E-state index in [0.29, 0.717) is 18.3 Å². The summed E-state index contributed by atoms with van der Waals surface area (Å²) in [6.07, 6.45) is 7.38. The van der Waals surface area contributed by atoms with Crippen LogP contribution in [0.1, 0.15) is 51.9 Å². The van der Waals surface area contributed by atoms with E-state index in [1.54, 1.807) is 0 Å². The maximum atomic E-state index is 11.8. The monoisotopic (exact) mass is 261 g/mol. The van der Waals surface area contributed by atoms with E-state index in [2.05, 4.69) is 6.07 Å². The van der Waals surface area contributed by atoms with E-state index < -0.39 is 11.4 Å². The average Bonchev–Trinajstić information content (AvgIpc) is 2.35. The normalized spacial score (nSPS) is 42.6. The van der Waals surface area contributed by atoms with E-state index in [0.717, 1.165) is 18.3 Å². The minimum absolute atomic E-state index is 0.114. The van der Waals surface area contributed by atoms with Crippen molar-refractivity contribution in [1.82, 2.24) is 0 Å². The third-order valence-corrected chi connectivity index (χ3v) is 6.02. The summed E-state index contributed by atoms with van der Waals surface area (Å²) in [5.74, 6) is 1.89. The summed E-state index contributed by atoms with van der Waals surface area (Å²) >= 11 is 0. The second-order valence-corrected chi connectivity index (χ2v) is 7.09. The number of carboxylic acid groups (broad SMARTS) is 1. The first-order valence-corrected chi connectivity index (χ1v) is 7.75. The molecular weight excluding hydrogens is 238 g/mol. The van der Waals surface area contributed by atoms with Crippen molar-refractivity contribution in [2.45, 2.75) is 51.9 Å². The molecule has 1 N–H and O–H groups in total. The minimum atomic E-state index is -1.11. The molecule has 1 atom stereocenters. The van der Waals surface area contributed by atoms with Gasteiger partial charge in [-0.1, -0.05) is 13.3 Å². The van der Waals surface area contributed by atoms with Gasteiger partial charge in [0.15, 0.2) is 5.41 Å². The van der Waals surface area contributed by atoms with Gasteiger partial charge in [0, 0.05) is 0 Å². The van der Waals surface area contributed by atoms with Crippen LogP contribution in [0.25, 0.3) is 0 Å². The van der Waals surface area contributed by atoms with Crippen LogP contribution in [0, 0.1) is 46.3 Å². The summed E-state index contributed by atoms with van der Waals surface area (Å²) in [5, 5.41) is 19.3. The molecule has 4 fully saturated rings. The molecule has 0 radical (unpaired) electrons. The topological polar surface area (TPSA) is 61.1 Å². The fourth-order valence-electron chi connectivity index (χ4n) is 5.72. The van der Waals surface area contributed by atoms with Gasteiger partial charge in [-0.3, -0.25) is 4.79 Å². The summed E-state index contributed by atoms with van der Waals surface area (Å²) in [6, 6.07) is 2.24. The van der Waals surface area contributed by atoms with Gasteiger partial charge < -0.3 is 5.11 Å². The number of aliphatic carboxylic acids is 1. The van der Waals surface area contributed by atoms with E-state index >= 15 is 0 Å². The van der Waals surface area contributed by atoms with E-state index in [1.165, 1.54) is 32.1 Å². The molecule has 3 heteroatoms. The third kappa shape index (κ3) is 1.80. The molecule has 4 bridgehead atoms. The fraction of sp³-hybridized carbons (Fsp3) is 0.875. The lowest BCUT2D eigenvalue weighted by molar-refractivity contribution is -0.160. The standard InChI is InChI=1S/C16H23NO2/c1-2-3-16(9-17,15(18)19)14-12-5-10-4-11(7-12)8-13(14)6-10/h10-14H,2-8H2,1H3,(H,18,19). The Balaban J connectivity index is 1.95. The van der Waals surface area contributed by atoms with E-state index in [1.807, 2.05) is 6.92 Å². The summed E-state index contributed by atoms with van der Waals surface area (Å²) in [6.45, 7) is 1.99. The lowest BCUT2D eigenvalue weighted by atomic mass is 9.46. The summed E-state index contributed by atoms with van der Waals surface area (Å²) in [5.41, 5.74) is -1.11. The van der Waals surface area contributed by atoms with Gasteiger partial charge in [0.05, 0.1) is 6.07 Å². The van der Waals surface area contributed by atoms with E-state index in [-0.39, 0.29) is 5.92 Å². The fourth-order valence-corrected chi connectivity index (χ4v) is 5.72. The molecule has 4 rings (SSSR count). The number of nitriles is 1. The Morgan fingerprint density at radius 3 is 2.11 bits per heavy atom. The number of carboxylic acids is 1. The van der Waals surface area contributed by atoms with Crippen molar-refractivity contribution in [2.75, 3.05) is 0 Å². The molecule has 0 aromatic rings. The number of hydrogen-bond acceptors (Lipinski definition) is 2. The van der Waals surface area contributed by atoms with Crippen molar-refractivity contribution in [2.24, 2.45) is 35.0 Å². The summed E-state index contributed by atoms with van der Waals surface area (Å²) < 4.78 is 0. The van der Waals surface area contributed by atoms with Gasteiger partial charge in [-0.25, -0.2) is 0 Å². The molecule has 0 saturated heterocycles. The van der Waals surface area contributed by atoms with Crippen LogP contribution in [0.2, 0.25) is 0 Å². The highest BCUT2D eigenvalue weighted by atomic mass is 16.4. The number of rotatable bonds is 4. The van der Waals surface area contributed by atoms with Crippen molar-refractivity contribution >= 4 is 5.97 Å². The lowest BCUT2D eigenvalue weighted by Crippen LogP contribution is -2.54. The molecule has 4 aliphatic carbocycles. The van der Waals surface area contributed by atoms with Gasteiger partial charge in [-0.05, 0) is 68.1 Å². The van der Waals surface area contributed by atoms with Gasteiger partial charge in [0.1, 0.15) is 0 Å². The highest BCUT2D eigenvalue weighted by molar-refractivity contribution is 5.78. The third-order valence-electron chi connectivity index (χ3n) is 6.02. The van der Waals surface area contributed by atoms with Gasteiger partial charge in [-0.2, -0.15) is 5.26 Å². The average molecular weight is 261 g/mol. The van der Waals surface area contributed by atoms with Crippen molar-refractivity contribution < 1.29 is 9.90 Å². The molecule has 0 spiro atoms. The Hall–Kier alpha value is -1.04. The van der Waals surface area contributed by atoms with Crippen molar-refractivity contribution in [3.8, 4) is 6.07 Å². The second-order valence-electron chi connectivity index (χ2n) is 7.09. The van der Waals surface area contributed by atoms with Crippen molar-refractivity contribution in [3.05, 3.63) is 0 Å². The molecule has 4 aliphatic rings. The molecule has 3 nitrogen and oxygen atoms in total. The van der Waals surface area contributed by atoms with Crippen LogP contribution in [0.4, 0.5) is 0 Å². The molecule has 0 aliphatic heterocycles. The molecule has 0 heterocycles. The van der Waals surface area contributed by atoms with Crippen LogP contribution in [0.5, 0.6) is 0 Å². The zero-order valence-corrected chi connectivity index (χ0v) is 11.6. The van der Waals surface area contributed by atoms with Gasteiger partial charge in [0.25, 0.3) is 0 Å². The van der Waals surface area contributed by atoms with Gasteiger partial charge >= 0.3 is 5.97 Å². The SMILES string of the molecule is CCCC(C#N)(C(=O)O)C1C2CC3CC(C2)CC1C3. The molecule has 0 aromatic heterocycles. The first kappa shape index (κ1) is 13.0. The Kier molecular flexibility index (Phi) is 3.08. The zero-order valence-electron chi connectivity index (χ0n) is 11.6. The molecule has 19 heavy (non-hydrogen) atoms. The molecule has 4 saturated carbocycles. The minimum Gasteiger partial charge on any atom is -0.480 e. The number of hydrogen-bond donors (Lipinski definition) is 1. The first-order valence-electron chi connectivity index (χ1n) is 7.75. The largest absolute Gasteiger partial charge is 0.480 e. The smallest absolute Gasteiger partial charge is 0.324 e. The Morgan fingerprint density at radius 1 is 1.21 bits per heavy atom. The predicted octanol–water partition coefficient (Wildman–Crippen LogP) is 3.45. The quantitative estimate of drug-likeness (QED) is 0.843. The molecular formula is C16H23NO2. The van der Waals surface area contributed by atoms with Crippen LogP contribution in [0.3, 0.4) is 0 Å².